The van der Waals surface area contributed by atoms with Gasteiger partial charge < -0.3 is 9.47 Å². The Morgan fingerprint density at radius 3 is 2.76 bits per heavy atom. The summed E-state index contributed by atoms with van der Waals surface area (Å²) in [7, 11) is 1.64. The molecule has 3 aromatic carbocycles. The van der Waals surface area contributed by atoms with Crippen molar-refractivity contribution in [1.29, 1.82) is 0 Å². The minimum Gasteiger partial charge on any atom is -0.497 e. The number of fused-ring (bicyclic) bond motifs is 3. The van der Waals surface area contributed by atoms with E-state index in [-0.39, 0.29) is 6.04 Å². The molecule has 6 heteroatoms. The number of para-hydroxylation sites is 1. The molecule has 0 fully saturated rings. The highest BCUT2D eigenvalue weighted by atomic mass is 35.5. The van der Waals surface area contributed by atoms with E-state index in [0.29, 0.717) is 17.0 Å². The summed E-state index contributed by atoms with van der Waals surface area (Å²) in [6, 6.07) is 20.2. The largest absolute Gasteiger partial charge is 0.497 e. The summed E-state index contributed by atoms with van der Waals surface area (Å²) in [6.07, 6.45) is -0.0671. The predicted molar refractivity (Wildman–Crippen MR) is 110 cm³/mol. The fourth-order valence-electron chi connectivity index (χ4n) is 3.95. The van der Waals surface area contributed by atoms with Gasteiger partial charge in [-0.05, 0) is 30.3 Å². The minimum atomic E-state index is -0.744. The molecule has 2 aliphatic heterocycles. The smallest absolute Gasteiger partial charge is 0.218 e. The molecule has 0 radical (unpaired) electrons. The van der Waals surface area contributed by atoms with Gasteiger partial charge in [-0.2, -0.15) is 5.10 Å². The molecular weight excluding hydrogens is 391 g/mol. The maximum Gasteiger partial charge on any atom is 0.218 e. The quantitative estimate of drug-likeness (QED) is 0.555. The number of hydrogen-bond acceptors (Lipinski definition) is 4. The van der Waals surface area contributed by atoms with Crippen molar-refractivity contribution >= 4 is 17.3 Å². The Balaban J connectivity index is 1.63. The summed E-state index contributed by atoms with van der Waals surface area (Å²) < 4.78 is 26.3. The highest BCUT2D eigenvalue weighted by molar-refractivity contribution is 6.31. The van der Waals surface area contributed by atoms with Crippen LogP contribution in [0.4, 0.5) is 4.39 Å². The first kappa shape index (κ1) is 18.0. The Morgan fingerprint density at radius 2 is 1.93 bits per heavy atom. The molecule has 0 spiro atoms. The first-order chi connectivity index (χ1) is 14.2. The van der Waals surface area contributed by atoms with E-state index in [2.05, 4.69) is 0 Å². The zero-order valence-corrected chi connectivity index (χ0v) is 16.4. The molecule has 0 aliphatic carbocycles. The van der Waals surface area contributed by atoms with Gasteiger partial charge in [0.25, 0.3) is 0 Å². The van der Waals surface area contributed by atoms with Gasteiger partial charge in [-0.15, -0.1) is 0 Å². The van der Waals surface area contributed by atoms with Crippen LogP contribution in [-0.4, -0.2) is 17.8 Å². The number of rotatable bonds is 3. The second-order valence-corrected chi connectivity index (χ2v) is 7.43. The Kier molecular flexibility index (Phi) is 4.40. The molecule has 29 heavy (non-hydrogen) atoms. The molecule has 3 aromatic rings. The second-order valence-electron chi connectivity index (χ2n) is 7.02. The standard InChI is InChI=1S/C23H18ClFN2O2/c1-28-15-7-4-6-14(12-15)19-13-20-16-8-2-3-11-21(16)29-23(27(20)26-19)22-17(24)9-5-10-18(22)25/h2-12,20,23H,13H2,1H3/t20-,23-/m1/s1. The third kappa shape index (κ3) is 3.02. The molecular formula is C23H18ClFN2O2. The molecule has 2 heterocycles. The van der Waals surface area contributed by atoms with E-state index < -0.39 is 12.0 Å². The Labute approximate surface area is 173 Å². The van der Waals surface area contributed by atoms with Crippen molar-refractivity contribution < 1.29 is 13.9 Å². The molecule has 146 valence electrons. The number of hydrogen-bond donors (Lipinski definition) is 0. The van der Waals surface area contributed by atoms with Crippen molar-refractivity contribution in [3.63, 3.8) is 0 Å². The number of ether oxygens (including phenoxy) is 2. The second kappa shape index (κ2) is 7.08. The van der Waals surface area contributed by atoms with Crippen molar-refractivity contribution in [2.24, 2.45) is 5.10 Å². The minimum absolute atomic E-state index is 0.0678. The topological polar surface area (TPSA) is 34.1 Å². The third-order valence-electron chi connectivity index (χ3n) is 5.35. The maximum absolute atomic E-state index is 14.7. The molecule has 5 rings (SSSR count). The van der Waals surface area contributed by atoms with Crippen LogP contribution in [0.2, 0.25) is 5.02 Å². The molecule has 0 saturated heterocycles. The zero-order chi connectivity index (χ0) is 20.0. The van der Waals surface area contributed by atoms with E-state index in [1.165, 1.54) is 6.07 Å². The summed E-state index contributed by atoms with van der Waals surface area (Å²) in [4.78, 5) is 0. The van der Waals surface area contributed by atoms with Crippen LogP contribution in [0.1, 0.15) is 35.4 Å². The highest BCUT2D eigenvalue weighted by Crippen LogP contribution is 2.48. The molecule has 0 N–H and O–H groups in total. The van der Waals surface area contributed by atoms with E-state index >= 15 is 0 Å². The lowest BCUT2D eigenvalue weighted by Gasteiger charge is -2.38. The molecule has 2 atom stereocenters. The van der Waals surface area contributed by atoms with Crippen LogP contribution in [0.3, 0.4) is 0 Å². The van der Waals surface area contributed by atoms with Crippen molar-refractivity contribution in [2.75, 3.05) is 7.11 Å². The van der Waals surface area contributed by atoms with Crippen LogP contribution in [-0.2, 0) is 0 Å². The van der Waals surface area contributed by atoms with E-state index in [0.717, 1.165) is 28.3 Å². The van der Waals surface area contributed by atoms with E-state index in [4.69, 9.17) is 26.2 Å². The van der Waals surface area contributed by atoms with Crippen molar-refractivity contribution in [2.45, 2.75) is 18.7 Å². The first-order valence-corrected chi connectivity index (χ1v) is 9.73. The molecule has 0 saturated carbocycles. The summed E-state index contributed by atoms with van der Waals surface area (Å²) >= 11 is 6.36. The number of nitrogens with zero attached hydrogens (tertiary/aromatic N) is 2. The van der Waals surface area contributed by atoms with Gasteiger partial charge in [-0.3, -0.25) is 0 Å². The van der Waals surface area contributed by atoms with Gasteiger partial charge in [0, 0.05) is 17.5 Å². The first-order valence-electron chi connectivity index (χ1n) is 9.35. The molecule has 4 nitrogen and oxygen atoms in total. The molecule has 0 unspecified atom stereocenters. The highest BCUT2D eigenvalue weighted by Gasteiger charge is 2.42. The van der Waals surface area contributed by atoms with Gasteiger partial charge in [0.1, 0.15) is 17.3 Å². The normalized spacial score (nSPS) is 19.8. The monoisotopic (exact) mass is 408 g/mol. The van der Waals surface area contributed by atoms with Gasteiger partial charge in [-0.1, -0.05) is 48.0 Å². The summed E-state index contributed by atoms with van der Waals surface area (Å²) in [5, 5.41) is 6.98. The van der Waals surface area contributed by atoms with Gasteiger partial charge in [0.2, 0.25) is 6.23 Å². The Morgan fingerprint density at radius 1 is 1.10 bits per heavy atom. The van der Waals surface area contributed by atoms with Crippen LogP contribution in [0, 0.1) is 5.82 Å². The number of benzene rings is 3. The van der Waals surface area contributed by atoms with E-state index in [1.807, 2.05) is 53.5 Å². The average molecular weight is 409 g/mol. The van der Waals surface area contributed by atoms with E-state index in [1.54, 1.807) is 19.2 Å². The van der Waals surface area contributed by atoms with E-state index in [9.17, 15) is 4.39 Å². The summed E-state index contributed by atoms with van der Waals surface area (Å²) in [5.74, 6) is 1.08. The molecule has 0 aromatic heterocycles. The Hall–Kier alpha value is -3.05. The van der Waals surface area contributed by atoms with Crippen LogP contribution >= 0.6 is 11.6 Å². The Bertz CT molecular complexity index is 1100. The number of hydrazone groups is 1. The van der Waals surface area contributed by atoms with Gasteiger partial charge in [-0.25, -0.2) is 9.40 Å². The zero-order valence-electron chi connectivity index (χ0n) is 15.7. The van der Waals surface area contributed by atoms with Crippen LogP contribution < -0.4 is 9.47 Å². The molecule has 0 bridgehead atoms. The SMILES string of the molecule is COc1cccc(C2=NN3[C@H](C2)c2ccccc2O[C@@H]3c2c(F)cccc2Cl)c1. The van der Waals surface area contributed by atoms with Crippen molar-refractivity contribution in [1.82, 2.24) is 5.01 Å². The summed E-state index contributed by atoms with van der Waals surface area (Å²) in [5.41, 5.74) is 3.18. The third-order valence-corrected chi connectivity index (χ3v) is 5.68. The van der Waals surface area contributed by atoms with Gasteiger partial charge >= 0.3 is 0 Å². The fraction of sp³-hybridized carbons (Fsp3) is 0.174. The lowest BCUT2D eigenvalue weighted by atomic mass is 9.96. The molecule has 0 amide bonds. The summed E-state index contributed by atoms with van der Waals surface area (Å²) in [6.45, 7) is 0. The van der Waals surface area contributed by atoms with Gasteiger partial charge in [0.15, 0.2) is 0 Å². The van der Waals surface area contributed by atoms with Crippen molar-refractivity contribution in [3.05, 3.63) is 94.3 Å². The maximum atomic E-state index is 14.7. The van der Waals surface area contributed by atoms with Crippen molar-refractivity contribution in [3.8, 4) is 11.5 Å². The van der Waals surface area contributed by atoms with Crippen LogP contribution in [0.15, 0.2) is 71.8 Å². The average Bonchev–Trinajstić information content (AvgIpc) is 3.20. The predicted octanol–water partition coefficient (Wildman–Crippen LogP) is 5.73. The van der Waals surface area contributed by atoms with Crippen LogP contribution in [0.25, 0.3) is 0 Å². The number of methoxy groups -OCH3 is 1. The lowest BCUT2D eigenvalue weighted by Crippen LogP contribution is -2.34. The van der Waals surface area contributed by atoms with Crippen LogP contribution in [0.5, 0.6) is 11.5 Å². The number of halogens is 2. The fourth-order valence-corrected chi connectivity index (χ4v) is 4.20. The van der Waals surface area contributed by atoms with Gasteiger partial charge in [0.05, 0.1) is 29.4 Å². The molecule has 2 aliphatic rings. The lowest BCUT2D eigenvalue weighted by molar-refractivity contribution is -0.0211.